The smallest absolute Gasteiger partial charge is 0.169 e. The first-order valence-corrected chi connectivity index (χ1v) is 8.49. The van der Waals surface area contributed by atoms with Gasteiger partial charge in [-0.25, -0.2) is 0 Å². The molecule has 120 valence electrons. The molecule has 0 aliphatic heterocycles. The zero-order valence-corrected chi connectivity index (χ0v) is 13.7. The van der Waals surface area contributed by atoms with Gasteiger partial charge in [0.05, 0.1) is 11.5 Å². The van der Waals surface area contributed by atoms with Gasteiger partial charge in [-0.1, -0.05) is 60.7 Å². The maximum atomic E-state index is 13.4. The van der Waals surface area contributed by atoms with Crippen LogP contribution in [0, 0.1) is 11.3 Å². The van der Waals surface area contributed by atoms with Crippen LogP contribution in [0.1, 0.15) is 43.2 Å². The van der Waals surface area contributed by atoms with E-state index in [1.807, 2.05) is 66.7 Å². The van der Waals surface area contributed by atoms with E-state index in [0.29, 0.717) is 12.8 Å². The average Bonchev–Trinajstić information content (AvgIpc) is 2.64. The lowest BCUT2D eigenvalue weighted by Gasteiger charge is -2.37. The summed E-state index contributed by atoms with van der Waals surface area (Å²) < 4.78 is 0. The highest BCUT2D eigenvalue weighted by atomic mass is 16.1. The summed E-state index contributed by atoms with van der Waals surface area (Å²) in [7, 11) is 0. The summed E-state index contributed by atoms with van der Waals surface area (Å²) in [4.78, 5) is 13.4. The molecular weight excluding hydrogens is 294 g/mol. The van der Waals surface area contributed by atoms with Crippen molar-refractivity contribution >= 4 is 11.9 Å². The lowest BCUT2D eigenvalue weighted by molar-refractivity contribution is -0.122. The van der Waals surface area contributed by atoms with Gasteiger partial charge in [-0.05, 0) is 48.5 Å². The summed E-state index contributed by atoms with van der Waals surface area (Å²) in [6, 6.07) is 22.2. The minimum atomic E-state index is -0.546. The Labute approximate surface area is 143 Å². The van der Waals surface area contributed by atoms with Crippen molar-refractivity contribution in [3.8, 4) is 6.07 Å². The van der Waals surface area contributed by atoms with Gasteiger partial charge in [-0.2, -0.15) is 5.26 Å². The Balaban J connectivity index is 2.01. The molecule has 1 atom stereocenters. The third-order valence-corrected chi connectivity index (χ3v) is 4.91. The quantitative estimate of drug-likeness (QED) is 0.739. The van der Waals surface area contributed by atoms with Crippen molar-refractivity contribution in [1.29, 1.82) is 5.26 Å². The highest BCUT2D eigenvalue weighted by Crippen LogP contribution is 2.42. The van der Waals surface area contributed by atoms with Crippen molar-refractivity contribution in [2.24, 2.45) is 0 Å². The Morgan fingerprint density at radius 2 is 1.71 bits per heavy atom. The van der Waals surface area contributed by atoms with Crippen LogP contribution in [-0.2, 0) is 10.2 Å². The van der Waals surface area contributed by atoms with E-state index in [-0.39, 0.29) is 5.78 Å². The lowest BCUT2D eigenvalue weighted by Crippen LogP contribution is -2.40. The van der Waals surface area contributed by atoms with Crippen LogP contribution < -0.4 is 0 Å². The van der Waals surface area contributed by atoms with Crippen molar-refractivity contribution in [2.45, 2.75) is 37.5 Å². The number of nitriles is 1. The maximum absolute atomic E-state index is 13.4. The topological polar surface area (TPSA) is 40.9 Å². The number of hydrogen-bond donors (Lipinski definition) is 0. The van der Waals surface area contributed by atoms with Gasteiger partial charge in [0.1, 0.15) is 0 Å². The van der Waals surface area contributed by atoms with Crippen LogP contribution in [0.4, 0.5) is 0 Å². The number of Topliss-reactive ketones (excluding diaryl/α,β-unsaturated/α-hetero) is 1. The number of benzene rings is 2. The van der Waals surface area contributed by atoms with Gasteiger partial charge >= 0.3 is 0 Å². The molecule has 2 aromatic carbocycles. The van der Waals surface area contributed by atoms with Gasteiger partial charge in [0.25, 0.3) is 0 Å². The Kier molecular flexibility index (Phi) is 4.91. The fraction of sp³-hybridized carbons (Fsp3) is 0.273. The molecule has 0 N–H and O–H groups in total. The van der Waals surface area contributed by atoms with Crippen LogP contribution >= 0.6 is 0 Å². The largest absolute Gasteiger partial charge is 0.294 e. The maximum Gasteiger partial charge on any atom is 0.169 e. The number of hydrogen-bond acceptors (Lipinski definition) is 2. The molecule has 0 amide bonds. The predicted molar refractivity (Wildman–Crippen MR) is 96.2 cm³/mol. The highest BCUT2D eigenvalue weighted by Gasteiger charge is 2.43. The molecule has 3 rings (SSSR count). The Hall–Kier alpha value is -2.66. The number of rotatable bonds is 4. The molecule has 0 saturated heterocycles. The SMILES string of the molecule is N#CCC[C@]1(c2ccccc2)CCC/C(=C/c2ccccc2)C1=O. The summed E-state index contributed by atoms with van der Waals surface area (Å²) >= 11 is 0. The van der Waals surface area contributed by atoms with Crippen molar-refractivity contribution in [1.82, 2.24) is 0 Å². The van der Waals surface area contributed by atoms with Crippen molar-refractivity contribution < 1.29 is 4.79 Å². The minimum Gasteiger partial charge on any atom is -0.294 e. The number of allylic oxidation sites excluding steroid dienone is 1. The molecule has 0 unspecified atom stereocenters. The number of nitrogens with zero attached hydrogens (tertiary/aromatic N) is 1. The molecule has 1 fully saturated rings. The first-order valence-electron chi connectivity index (χ1n) is 8.49. The Morgan fingerprint density at radius 3 is 2.38 bits per heavy atom. The van der Waals surface area contributed by atoms with E-state index in [9.17, 15) is 4.79 Å². The van der Waals surface area contributed by atoms with Gasteiger partial charge < -0.3 is 0 Å². The molecule has 1 aliphatic carbocycles. The first-order chi connectivity index (χ1) is 11.8. The van der Waals surface area contributed by atoms with Crippen molar-refractivity contribution in [2.75, 3.05) is 0 Å². The van der Waals surface area contributed by atoms with Gasteiger partial charge in [-0.3, -0.25) is 4.79 Å². The van der Waals surface area contributed by atoms with Gasteiger partial charge in [0, 0.05) is 6.42 Å². The highest BCUT2D eigenvalue weighted by molar-refractivity contribution is 6.07. The predicted octanol–water partition coefficient (Wildman–Crippen LogP) is 5.06. The standard InChI is InChI=1S/C22H21NO/c23-16-8-15-22(20-12-5-2-6-13-20)14-7-11-19(21(22)24)17-18-9-3-1-4-10-18/h1-6,9-10,12-13,17H,7-8,11,14-15H2/b19-17-/t22-/m0/s1. The van der Waals surface area contributed by atoms with Crippen LogP contribution in [0.2, 0.25) is 0 Å². The fourth-order valence-corrected chi connectivity index (χ4v) is 3.69. The summed E-state index contributed by atoms with van der Waals surface area (Å²) in [5.41, 5.74) is 2.44. The fourth-order valence-electron chi connectivity index (χ4n) is 3.69. The summed E-state index contributed by atoms with van der Waals surface area (Å²) in [5.74, 6) is 0.194. The summed E-state index contributed by atoms with van der Waals surface area (Å²) in [6.45, 7) is 0. The second-order valence-electron chi connectivity index (χ2n) is 6.37. The zero-order valence-electron chi connectivity index (χ0n) is 13.7. The molecule has 1 aliphatic rings. The zero-order chi connectivity index (χ0) is 16.8. The molecule has 0 aromatic heterocycles. The molecule has 2 nitrogen and oxygen atoms in total. The number of carbonyl (C=O) groups excluding carboxylic acids is 1. The number of ketones is 1. The van der Waals surface area contributed by atoms with Crippen LogP contribution in [-0.4, -0.2) is 5.78 Å². The van der Waals surface area contributed by atoms with E-state index < -0.39 is 5.41 Å². The molecule has 0 radical (unpaired) electrons. The Bertz CT molecular complexity index is 771. The third-order valence-electron chi connectivity index (χ3n) is 4.91. The van der Waals surface area contributed by atoms with E-state index in [1.54, 1.807) is 0 Å². The van der Waals surface area contributed by atoms with E-state index in [0.717, 1.165) is 36.0 Å². The lowest BCUT2D eigenvalue weighted by atomic mass is 9.64. The van der Waals surface area contributed by atoms with Gasteiger partial charge in [0.15, 0.2) is 5.78 Å². The van der Waals surface area contributed by atoms with Crippen molar-refractivity contribution in [3.05, 3.63) is 77.4 Å². The first kappa shape index (κ1) is 16.2. The normalized spacial score (nSPS) is 22.3. The van der Waals surface area contributed by atoms with E-state index in [4.69, 9.17) is 5.26 Å². The summed E-state index contributed by atoms with van der Waals surface area (Å²) in [6.07, 6.45) is 5.63. The van der Waals surface area contributed by atoms with Crippen LogP contribution in [0.5, 0.6) is 0 Å². The monoisotopic (exact) mass is 315 g/mol. The third kappa shape index (κ3) is 3.16. The molecule has 2 aromatic rings. The molecule has 0 bridgehead atoms. The Morgan fingerprint density at radius 1 is 1.04 bits per heavy atom. The minimum absolute atomic E-state index is 0.194. The molecule has 2 heteroatoms. The van der Waals surface area contributed by atoms with E-state index in [1.165, 1.54) is 0 Å². The number of carbonyl (C=O) groups is 1. The van der Waals surface area contributed by atoms with E-state index in [2.05, 4.69) is 6.07 Å². The van der Waals surface area contributed by atoms with Crippen molar-refractivity contribution in [3.63, 3.8) is 0 Å². The van der Waals surface area contributed by atoms with Gasteiger partial charge in [0.2, 0.25) is 0 Å². The van der Waals surface area contributed by atoms with Crippen LogP contribution in [0.15, 0.2) is 66.2 Å². The molecule has 0 heterocycles. The molecule has 1 saturated carbocycles. The average molecular weight is 315 g/mol. The molecule has 0 spiro atoms. The molecule has 24 heavy (non-hydrogen) atoms. The van der Waals surface area contributed by atoms with E-state index >= 15 is 0 Å². The van der Waals surface area contributed by atoms with Gasteiger partial charge in [-0.15, -0.1) is 0 Å². The van der Waals surface area contributed by atoms with Crippen LogP contribution in [0.25, 0.3) is 6.08 Å². The second kappa shape index (κ2) is 7.27. The summed E-state index contributed by atoms with van der Waals surface area (Å²) in [5, 5.41) is 9.07. The second-order valence-corrected chi connectivity index (χ2v) is 6.37. The molecular formula is C22H21NO. The van der Waals surface area contributed by atoms with Crippen LogP contribution in [0.3, 0.4) is 0 Å².